The van der Waals surface area contributed by atoms with Crippen molar-refractivity contribution in [1.29, 1.82) is 0 Å². The second-order valence-electron chi connectivity index (χ2n) is 12.4. The van der Waals surface area contributed by atoms with E-state index in [2.05, 4.69) is 30.3 Å². The Morgan fingerprint density at radius 2 is 1.64 bits per heavy atom. The highest BCUT2D eigenvalue weighted by Crippen LogP contribution is 2.59. The number of rotatable bonds is 5. The summed E-state index contributed by atoms with van der Waals surface area (Å²) in [6, 6.07) is 14.9. The van der Waals surface area contributed by atoms with Crippen molar-refractivity contribution >= 4 is 28.7 Å². The Morgan fingerprint density at radius 1 is 1.00 bits per heavy atom. The minimum absolute atomic E-state index is 0.0286. The van der Waals surface area contributed by atoms with Gasteiger partial charge in [0.1, 0.15) is 0 Å². The van der Waals surface area contributed by atoms with Crippen molar-refractivity contribution in [3.05, 3.63) is 48.0 Å². The van der Waals surface area contributed by atoms with E-state index in [1.165, 1.54) is 21.2 Å². The van der Waals surface area contributed by atoms with Crippen molar-refractivity contribution < 1.29 is 19.1 Å². The normalized spacial score (nSPS) is 21.2. The molecular weight excluding hydrogens is 454 g/mol. The number of hydrogen-bond acceptors (Lipinski definition) is 4. The molecule has 0 unspecified atom stereocenters. The molecule has 2 aromatic rings. The van der Waals surface area contributed by atoms with Crippen molar-refractivity contribution in [3.63, 3.8) is 0 Å². The second-order valence-corrected chi connectivity index (χ2v) is 12.4. The smallest absolute Gasteiger partial charge is 0.411 e. The number of piperidine rings is 1. The molecule has 3 amide bonds. The number of likely N-dealkylation sites (tertiary alicyclic amines) is 1. The summed E-state index contributed by atoms with van der Waals surface area (Å²) in [7, 11) is 1.58. The van der Waals surface area contributed by atoms with Gasteiger partial charge in [0.25, 0.3) is 5.91 Å². The zero-order chi connectivity index (χ0) is 26.5. The van der Waals surface area contributed by atoms with E-state index < -0.39 is 29.7 Å². The maximum Gasteiger partial charge on any atom is 0.411 e. The molecule has 1 saturated carbocycles. The minimum atomic E-state index is -0.542. The maximum absolute atomic E-state index is 13.0. The van der Waals surface area contributed by atoms with Crippen LogP contribution in [0.1, 0.15) is 53.5 Å². The Bertz CT molecular complexity index is 1160. The molecule has 7 nitrogen and oxygen atoms in total. The number of ether oxygens (including phenoxy) is 1. The molecule has 1 heterocycles. The summed E-state index contributed by atoms with van der Waals surface area (Å²) >= 11 is 0. The first kappa shape index (κ1) is 26.0. The van der Waals surface area contributed by atoms with E-state index in [0.717, 1.165) is 13.0 Å². The Hall–Kier alpha value is -3.09. The van der Waals surface area contributed by atoms with Crippen molar-refractivity contribution in [2.45, 2.75) is 64.5 Å². The van der Waals surface area contributed by atoms with Gasteiger partial charge in [0, 0.05) is 36.6 Å². The van der Waals surface area contributed by atoms with Crippen molar-refractivity contribution in [1.82, 2.24) is 14.7 Å². The van der Waals surface area contributed by atoms with Crippen molar-refractivity contribution in [2.24, 2.45) is 5.92 Å². The number of carbonyl (C=O) groups excluding carboxylic acids is 3. The van der Waals surface area contributed by atoms with Gasteiger partial charge < -0.3 is 14.5 Å². The molecule has 1 aliphatic heterocycles. The van der Waals surface area contributed by atoms with E-state index in [4.69, 9.17) is 4.74 Å². The average molecular weight is 494 g/mol. The molecule has 1 saturated heterocycles. The van der Waals surface area contributed by atoms with Crippen LogP contribution in [0.25, 0.3) is 10.8 Å². The van der Waals surface area contributed by atoms with Crippen LogP contribution >= 0.6 is 0 Å². The third kappa shape index (κ3) is 5.06. The van der Waals surface area contributed by atoms with Crippen LogP contribution in [-0.4, -0.2) is 77.0 Å². The highest BCUT2D eigenvalue weighted by atomic mass is 16.6. The van der Waals surface area contributed by atoms with Crippen LogP contribution in [0, 0.1) is 5.92 Å². The third-order valence-corrected chi connectivity index (χ3v) is 7.46. The molecule has 36 heavy (non-hydrogen) atoms. The van der Waals surface area contributed by atoms with Gasteiger partial charge >= 0.3 is 6.09 Å². The first-order valence-electron chi connectivity index (χ1n) is 12.7. The first-order chi connectivity index (χ1) is 16.7. The van der Waals surface area contributed by atoms with Crippen LogP contribution in [0.4, 0.5) is 4.79 Å². The van der Waals surface area contributed by atoms with Gasteiger partial charge in [-0.25, -0.2) is 4.79 Å². The van der Waals surface area contributed by atoms with E-state index in [1.54, 1.807) is 11.9 Å². The monoisotopic (exact) mass is 493 g/mol. The fourth-order valence-corrected chi connectivity index (χ4v) is 5.86. The summed E-state index contributed by atoms with van der Waals surface area (Å²) in [6.45, 7) is 12.5. The fraction of sp³-hybridized carbons (Fsp3) is 0.552. The summed E-state index contributed by atoms with van der Waals surface area (Å²) in [6.07, 6.45) is 0.553. The molecule has 2 aromatic carbocycles. The predicted molar refractivity (Wildman–Crippen MR) is 141 cm³/mol. The summed E-state index contributed by atoms with van der Waals surface area (Å²) in [5.74, 6) is -0.00558. The largest absolute Gasteiger partial charge is 0.439 e. The summed E-state index contributed by atoms with van der Waals surface area (Å²) in [5, 5.41) is 2.44. The van der Waals surface area contributed by atoms with Crippen LogP contribution in [0.3, 0.4) is 0 Å². The molecule has 0 N–H and O–H groups in total. The number of fused-ring (bicyclic) bond motifs is 2. The molecule has 194 valence electrons. The van der Waals surface area contributed by atoms with Gasteiger partial charge in [-0.3, -0.25) is 14.5 Å². The standard InChI is InChI=1S/C29H39N3O4/c1-27(2,3)32(28(4,5)6)26(35)36-18-25(34)30(7)17-24(33)31-16-23-15-29(23,19-31)22-13-12-20-10-8-9-11-21(20)14-22/h8-14,23H,15-19H2,1-7H3/t23-,29+/m1/s1. The van der Waals surface area contributed by atoms with Gasteiger partial charge in [-0.05, 0) is 70.2 Å². The van der Waals surface area contributed by atoms with E-state index in [9.17, 15) is 14.4 Å². The van der Waals surface area contributed by atoms with Gasteiger partial charge in [0.2, 0.25) is 5.91 Å². The number of benzene rings is 2. The van der Waals surface area contributed by atoms with Gasteiger partial charge in [-0.1, -0.05) is 42.5 Å². The SMILES string of the molecule is CN(CC(=O)N1C[C@H]2C[C@@]2(c2ccc3ccccc3c2)C1)C(=O)COC(=O)N(C(C)(C)C)C(C)(C)C. The Balaban J connectivity index is 1.32. The van der Waals surface area contributed by atoms with Gasteiger partial charge in [-0.2, -0.15) is 0 Å². The maximum atomic E-state index is 13.0. The Kier molecular flexibility index (Phi) is 6.56. The number of hydrogen-bond donors (Lipinski definition) is 0. The lowest BCUT2D eigenvalue weighted by Crippen LogP contribution is -2.56. The zero-order valence-corrected chi connectivity index (χ0v) is 22.6. The summed E-state index contributed by atoms with van der Waals surface area (Å²) in [5.41, 5.74) is 0.400. The lowest BCUT2D eigenvalue weighted by molar-refractivity contribution is -0.141. The Morgan fingerprint density at radius 3 is 2.28 bits per heavy atom. The van der Waals surface area contributed by atoms with E-state index in [1.807, 2.05) is 58.6 Å². The van der Waals surface area contributed by atoms with Gasteiger partial charge in [0.15, 0.2) is 6.61 Å². The van der Waals surface area contributed by atoms with Gasteiger partial charge in [0.05, 0.1) is 6.54 Å². The highest BCUT2D eigenvalue weighted by Gasteiger charge is 2.61. The fourth-order valence-electron chi connectivity index (χ4n) is 5.86. The zero-order valence-electron chi connectivity index (χ0n) is 22.6. The third-order valence-electron chi connectivity index (χ3n) is 7.46. The molecule has 4 rings (SSSR count). The van der Waals surface area contributed by atoms with Crippen molar-refractivity contribution in [2.75, 3.05) is 33.3 Å². The van der Waals surface area contributed by atoms with Crippen LogP contribution in [0.15, 0.2) is 42.5 Å². The van der Waals surface area contributed by atoms with E-state index >= 15 is 0 Å². The number of likely N-dealkylation sites (N-methyl/N-ethyl adjacent to an activating group) is 1. The molecule has 0 bridgehead atoms. The Labute approximate surface area is 214 Å². The van der Waals surface area contributed by atoms with Crippen LogP contribution in [0.5, 0.6) is 0 Å². The molecular formula is C29H39N3O4. The number of carbonyl (C=O) groups is 3. The molecule has 2 fully saturated rings. The molecule has 0 aromatic heterocycles. The molecule has 2 atom stereocenters. The average Bonchev–Trinajstić information content (AvgIpc) is 3.35. The highest BCUT2D eigenvalue weighted by molar-refractivity contribution is 5.87. The quantitative estimate of drug-likeness (QED) is 0.618. The molecule has 7 heteroatoms. The lowest BCUT2D eigenvalue weighted by atomic mass is 9.93. The summed E-state index contributed by atoms with van der Waals surface area (Å²) < 4.78 is 5.35. The molecule has 0 radical (unpaired) electrons. The number of amides is 3. The lowest BCUT2D eigenvalue weighted by Gasteiger charge is -2.44. The number of nitrogens with zero attached hydrogens (tertiary/aromatic N) is 3. The van der Waals surface area contributed by atoms with Gasteiger partial charge in [-0.15, -0.1) is 0 Å². The van der Waals surface area contributed by atoms with Crippen LogP contribution in [-0.2, 0) is 19.7 Å². The summed E-state index contributed by atoms with van der Waals surface area (Å²) in [4.78, 5) is 43.3. The molecule has 2 aliphatic rings. The second kappa shape index (κ2) is 9.09. The molecule has 1 aliphatic carbocycles. The minimum Gasteiger partial charge on any atom is -0.439 e. The topological polar surface area (TPSA) is 70.2 Å². The van der Waals surface area contributed by atoms with E-state index in [-0.39, 0.29) is 17.9 Å². The van der Waals surface area contributed by atoms with Crippen LogP contribution in [0.2, 0.25) is 0 Å². The first-order valence-corrected chi connectivity index (χ1v) is 12.7. The van der Waals surface area contributed by atoms with Crippen molar-refractivity contribution in [3.8, 4) is 0 Å². The van der Waals surface area contributed by atoms with E-state index in [0.29, 0.717) is 12.5 Å². The predicted octanol–water partition coefficient (Wildman–Crippen LogP) is 4.43. The van der Waals surface area contributed by atoms with Crippen LogP contribution < -0.4 is 0 Å². The molecule has 0 spiro atoms.